The molecule has 2 heterocycles. The molecule has 74 valence electrons. The molecule has 0 spiro atoms. The van der Waals surface area contributed by atoms with Crippen LogP contribution in [0.1, 0.15) is 5.69 Å². The third-order valence-corrected chi connectivity index (χ3v) is 2.80. The maximum absolute atomic E-state index is 5.46. The predicted molar refractivity (Wildman–Crippen MR) is 57.1 cm³/mol. The molecule has 0 unspecified atom stereocenters. The summed E-state index contributed by atoms with van der Waals surface area (Å²) in [5, 5.41) is 7.29. The lowest BCUT2D eigenvalue weighted by molar-refractivity contribution is 0.770. The van der Waals surface area contributed by atoms with Gasteiger partial charge in [-0.2, -0.15) is 5.10 Å². The van der Waals surface area contributed by atoms with E-state index < -0.39 is 0 Å². The van der Waals surface area contributed by atoms with Crippen molar-refractivity contribution in [1.82, 2.24) is 14.8 Å². The normalized spacial score (nSPS) is 10.7. The predicted octanol–water partition coefficient (Wildman–Crippen LogP) is 1.04. The lowest BCUT2D eigenvalue weighted by atomic mass is 10.3. The first kappa shape index (κ1) is 9.36. The van der Waals surface area contributed by atoms with E-state index in [-0.39, 0.29) is 0 Å². The molecule has 0 aliphatic rings. The van der Waals surface area contributed by atoms with Crippen LogP contribution in [0.5, 0.6) is 0 Å². The Morgan fingerprint density at radius 1 is 1.57 bits per heavy atom. The van der Waals surface area contributed by atoms with Crippen molar-refractivity contribution >= 4 is 11.3 Å². The summed E-state index contributed by atoms with van der Waals surface area (Å²) in [6.45, 7) is 0.644. The molecule has 0 aromatic carbocycles. The topological polar surface area (TPSA) is 56.7 Å². The summed E-state index contributed by atoms with van der Waals surface area (Å²) in [6.07, 6.45) is 2.75. The van der Waals surface area contributed by atoms with Crippen LogP contribution < -0.4 is 5.73 Å². The summed E-state index contributed by atoms with van der Waals surface area (Å²) >= 11 is 1.61. The van der Waals surface area contributed by atoms with Gasteiger partial charge in [-0.05, 0) is 12.6 Å². The molecule has 0 saturated carbocycles. The van der Waals surface area contributed by atoms with Crippen LogP contribution in [0.2, 0.25) is 0 Å². The van der Waals surface area contributed by atoms with Crippen molar-refractivity contribution in [2.24, 2.45) is 12.8 Å². The molecule has 0 saturated heterocycles. The second-order valence-corrected chi connectivity index (χ2v) is 3.92. The monoisotopic (exact) mass is 208 g/mol. The second-order valence-electron chi connectivity index (χ2n) is 3.06. The Bertz CT molecular complexity index is 418. The number of thiazole rings is 1. The SMILES string of the molecule is Cn1ccc(-c2nc(CCN)cs2)n1. The minimum atomic E-state index is 0.644. The van der Waals surface area contributed by atoms with Gasteiger partial charge in [0, 0.05) is 25.0 Å². The Hall–Kier alpha value is -1.20. The van der Waals surface area contributed by atoms with E-state index in [1.807, 2.05) is 24.7 Å². The number of aromatic nitrogens is 3. The largest absolute Gasteiger partial charge is 0.330 e. The number of nitrogens with two attached hydrogens (primary N) is 1. The highest BCUT2D eigenvalue weighted by molar-refractivity contribution is 7.13. The van der Waals surface area contributed by atoms with E-state index in [1.165, 1.54) is 0 Å². The molecule has 0 fully saturated rings. The maximum atomic E-state index is 5.46. The van der Waals surface area contributed by atoms with Crippen LogP contribution in [0, 0.1) is 0 Å². The fourth-order valence-corrected chi connectivity index (χ4v) is 2.03. The van der Waals surface area contributed by atoms with Crippen molar-refractivity contribution in [3.05, 3.63) is 23.3 Å². The smallest absolute Gasteiger partial charge is 0.143 e. The average Bonchev–Trinajstić information content (AvgIpc) is 2.74. The van der Waals surface area contributed by atoms with Crippen LogP contribution in [0.15, 0.2) is 17.6 Å². The van der Waals surface area contributed by atoms with Crippen molar-refractivity contribution in [3.63, 3.8) is 0 Å². The van der Waals surface area contributed by atoms with Crippen molar-refractivity contribution in [2.75, 3.05) is 6.54 Å². The minimum Gasteiger partial charge on any atom is -0.330 e. The molecule has 0 amide bonds. The molecule has 2 aromatic rings. The van der Waals surface area contributed by atoms with E-state index in [0.29, 0.717) is 6.54 Å². The summed E-state index contributed by atoms with van der Waals surface area (Å²) in [4.78, 5) is 4.45. The highest BCUT2D eigenvalue weighted by Crippen LogP contribution is 2.21. The molecule has 0 aliphatic heterocycles. The van der Waals surface area contributed by atoms with Gasteiger partial charge in [-0.15, -0.1) is 11.3 Å². The molecule has 2 rings (SSSR count). The van der Waals surface area contributed by atoms with Gasteiger partial charge < -0.3 is 5.73 Å². The van der Waals surface area contributed by atoms with E-state index in [4.69, 9.17) is 5.73 Å². The van der Waals surface area contributed by atoms with E-state index in [9.17, 15) is 0 Å². The van der Waals surface area contributed by atoms with Crippen LogP contribution in [0.4, 0.5) is 0 Å². The maximum Gasteiger partial charge on any atom is 0.143 e. The zero-order chi connectivity index (χ0) is 9.97. The zero-order valence-corrected chi connectivity index (χ0v) is 8.79. The highest BCUT2D eigenvalue weighted by Gasteiger charge is 2.06. The van der Waals surface area contributed by atoms with E-state index in [2.05, 4.69) is 10.1 Å². The fraction of sp³-hybridized carbons (Fsp3) is 0.333. The molecule has 2 N–H and O–H groups in total. The van der Waals surface area contributed by atoms with Crippen molar-refractivity contribution in [1.29, 1.82) is 0 Å². The van der Waals surface area contributed by atoms with Gasteiger partial charge in [0.25, 0.3) is 0 Å². The number of aryl methyl sites for hydroxylation is 1. The first-order chi connectivity index (χ1) is 6.79. The quantitative estimate of drug-likeness (QED) is 0.820. The summed E-state index contributed by atoms with van der Waals surface area (Å²) in [7, 11) is 1.90. The first-order valence-corrected chi connectivity index (χ1v) is 5.32. The fourth-order valence-electron chi connectivity index (χ4n) is 1.22. The molecule has 2 aromatic heterocycles. The summed E-state index contributed by atoms with van der Waals surface area (Å²) < 4.78 is 1.78. The molecule has 14 heavy (non-hydrogen) atoms. The third kappa shape index (κ3) is 1.83. The highest BCUT2D eigenvalue weighted by atomic mass is 32.1. The lowest BCUT2D eigenvalue weighted by Crippen LogP contribution is -2.02. The van der Waals surface area contributed by atoms with E-state index in [1.54, 1.807) is 16.0 Å². The molecular weight excluding hydrogens is 196 g/mol. The van der Waals surface area contributed by atoms with Gasteiger partial charge in [-0.3, -0.25) is 4.68 Å². The first-order valence-electron chi connectivity index (χ1n) is 4.44. The molecule has 0 aliphatic carbocycles. The Kier molecular flexibility index (Phi) is 2.60. The molecular formula is C9H12N4S. The molecule has 0 radical (unpaired) electrons. The van der Waals surface area contributed by atoms with Gasteiger partial charge in [0.05, 0.1) is 5.69 Å². The van der Waals surface area contributed by atoms with Gasteiger partial charge in [-0.25, -0.2) is 4.98 Å². The molecule has 5 heteroatoms. The van der Waals surface area contributed by atoms with Gasteiger partial charge in [0.15, 0.2) is 0 Å². The Labute approximate surface area is 86.4 Å². The number of hydrogen-bond donors (Lipinski definition) is 1. The molecule has 0 atom stereocenters. The third-order valence-electron chi connectivity index (χ3n) is 1.88. The van der Waals surface area contributed by atoms with Crippen molar-refractivity contribution in [2.45, 2.75) is 6.42 Å². The summed E-state index contributed by atoms with van der Waals surface area (Å²) in [5.41, 5.74) is 7.44. The van der Waals surface area contributed by atoms with Gasteiger partial charge in [0.2, 0.25) is 0 Å². The zero-order valence-electron chi connectivity index (χ0n) is 7.97. The van der Waals surface area contributed by atoms with Crippen molar-refractivity contribution in [3.8, 4) is 10.7 Å². The number of hydrogen-bond acceptors (Lipinski definition) is 4. The molecule has 4 nitrogen and oxygen atoms in total. The lowest BCUT2D eigenvalue weighted by Gasteiger charge is -1.89. The van der Waals surface area contributed by atoms with Crippen LogP contribution in [0.3, 0.4) is 0 Å². The number of nitrogens with zero attached hydrogens (tertiary/aromatic N) is 3. The van der Waals surface area contributed by atoms with Crippen LogP contribution >= 0.6 is 11.3 Å². The summed E-state index contributed by atoms with van der Waals surface area (Å²) in [6, 6.07) is 1.96. The minimum absolute atomic E-state index is 0.644. The average molecular weight is 208 g/mol. The standard InChI is InChI=1S/C9H12N4S/c1-13-5-3-8(12-13)9-11-7(2-4-10)6-14-9/h3,5-6H,2,4,10H2,1H3. The van der Waals surface area contributed by atoms with E-state index in [0.717, 1.165) is 22.8 Å². The summed E-state index contributed by atoms with van der Waals surface area (Å²) in [5.74, 6) is 0. The van der Waals surface area contributed by atoms with Crippen LogP contribution in [0.25, 0.3) is 10.7 Å². The van der Waals surface area contributed by atoms with Crippen LogP contribution in [-0.2, 0) is 13.5 Å². The Balaban J connectivity index is 2.24. The Morgan fingerprint density at radius 3 is 3.07 bits per heavy atom. The number of rotatable bonds is 3. The van der Waals surface area contributed by atoms with Gasteiger partial charge in [0.1, 0.15) is 10.7 Å². The molecule has 0 bridgehead atoms. The van der Waals surface area contributed by atoms with Gasteiger partial charge in [-0.1, -0.05) is 0 Å². The van der Waals surface area contributed by atoms with E-state index >= 15 is 0 Å². The van der Waals surface area contributed by atoms with Gasteiger partial charge >= 0.3 is 0 Å². The Morgan fingerprint density at radius 2 is 2.43 bits per heavy atom. The van der Waals surface area contributed by atoms with Crippen LogP contribution in [-0.4, -0.2) is 21.3 Å². The second kappa shape index (κ2) is 3.89. The van der Waals surface area contributed by atoms with Crippen molar-refractivity contribution < 1.29 is 0 Å².